The van der Waals surface area contributed by atoms with Gasteiger partial charge in [0.2, 0.25) is 0 Å². The Morgan fingerprint density at radius 3 is 2.71 bits per heavy atom. The van der Waals surface area contributed by atoms with Gasteiger partial charge in [0.25, 0.3) is 0 Å². The summed E-state index contributed by atoms with van der Waals surface area (Å²) in [6.45, 7) is 7.19. The van der Waals surface area contributed by atoms with Crippen LogP contribution in [0.2, 0.25) is 0 Å². The molecule has 0 bridgehead atoms. The van der Waals surface area contributed by atoms with E-state index in [9.17, 15) is 5.11 Å². The molecule has 1 N–H and O–H groups in total. The van der Waals surface area contributed by atoms with Gasteiger partial charge in [0.15, 0.2) is 0 Å². The fraction of sp³-hybridized carbons (Fsp3) is 0.500. The van der Waals surface area contributed by atoms with Crippen LogP contribution in [-0.2, 0) is 17.8 Å². The van der Waals surface area contributed by atoms with Gasteiger partial charge in [0.1, 0.15) is 17.8 Å². The summed E-state index contributed by atoms with van der Waals surface area (Å²) in [5.41, 5.74) is 3.50. The van der Waals surface area contributed by atoms with E-state index < -0.39 is 6.10 Å². The molecule has 0 unspecified atom stereocenters. The Balaban J connectivity index is 1.60. The molecule has 1 fully saturated rings. The van der Waals surface area contributed by atoms with E-state index >= 15 is 0 Å². The number of thioether (sulfide) groups is 1. The van der Waals surface area contributed by atoms with Crippen molar-refractivity contribution >= 4 is 11.8 Å². The lowest BCUT2D eigenvalue weighted by molar-refractivity contribution is -0.0794. The van der Waals surface area contributed by atoms with Crippen molar-refractivity contribution in [3.8, 4) is 5.75 Å². The molecule has 0 radical (unpaired) electrons. The predicted molar refractivity (Wildman–Crippen MR) is 115 cm³/mol. The minimum Gasteiger partial charge on any atom is -0.489 e. The van der Waals surface area contributed by atoms with Gasteiger partial charge in [-0.15, -0.1) is 11.8 Å². The van der Waals surface area contributed by atoms with Crippen molar-refractivity contribution in [3.63, 3.8) is 0 Å². The summed E-state index contributed by atoms with van der Waals surface area (Å²) in [4.78, 5) is 0. The number of benzene rings is 2. The van der Waals surface area contributed by atoms with E-state index in [4.69, 9.17) is 9.47 Å². The minimum atomic E-state index is -0.437. The number of hydrogen-bond donors (Lipinski definition) is 1. The highest BCUT2D eigenvalue weighted by atomic mass is 32.2. The highest BCUT2D eigenvalue weighted by Gasteiger charge is 2.48. The van der Waals surface area contributed by atoms with Gasteiger partial charge in [-0.25, -0.2) is 0 Å². The van der Waals surface area contributed by atoms with Crippen molar-refractivity contribution < 1.29 is 14.6 Å². The number of fused-ring (bicyclic) bond motifs is 3. The zero-order chi connectivity index (χ0) is 19.7. The molecule has 1 saturated heterocycles. The van der Waals surface area contributed by atoms with Crippen LogP contribution in [0.4, 0.5) is 0 Å². The van der Waals surface area contributed by atoms with Crippen LogP contribution < -0.4 is 4.74 Å². The second-order valence-corrected chi connectivity index (χ2v) is 10.1. The fourth-order valence-corrected chi connectivity index (χ4v) is 6.00. The van der Waals surface area contributed by atoms with Crippen LogP contribution in [0.1, 0.15) is 56.4 Å². The molecule has 0 spiro atoms. The maximum atomic E-state index is 10.4. The monoisotopic (exact) mass is 398 g/mol. The highest BCUT2D eigenvalue weighted by molar-refractivity contribution is 8.01. The summed E-state index contributed by atoms with van der Waals surface area (Å²) < 4.78 is 12.8. The van der Waals surface area contributed by atoms with Gasteiger partial charge in [-0.05, 0) is 42.0 Å². The summed E-state index contributed by atoms with van der Waals surface area (Å²) >= 11 is 1.79. The van der Waals surface area contributed by atoms with Crippen LogP contribution in [0.3, 0.4) is 0 Å². The summed E-state index contributed by atoms with van der Waals surface area (Å²) in [5.74, 6) is 1.40. The van der Waals surface area contributed by atoms with Gasteiger partial charge >= 0.3 is 0 Å². The molecular formula is C24H30O3S. The largest absolute Gasteiger partial charge is 0.489 e. The molecule has 4 rings (SSSR count). The van der Waals surface area contributed by atoms with Crippen molar-refractivity contribution in [1.29, 1.82) is 0 Å². The van der Waals surface area contributed by atoms with Crippen molar-refractivity contribution in [1.82, 2.24) is 0 Å². The number of aliphatic hydroxyl groups is 1. The molecule has 0 amide bonds. The maximum Gasteiger partial charge on any atom is 0.130 e. The van der Waals surface area contributed by atoms with Crippen molar-refractivity contribution in [2.45, 2.75) is 69.0 Å². The zero-order valence-corrected chi connectivity index (χ0v) is 17.7. The van der Waals surface area contributed by atoms with Gasteiger partial charge in [0, 0.05) is 10.7 Å². The topological polar surface area (TPSA) is 38.7 Å². The Hall–Kier alpha value is -1.49. The maximum absolute atomic E-state index is 10.4. The van der Waals surface area contributed by atoms with E-state index in [1.807, 2.05) is 25.1 Å². The average Bonchev–Trinajstić information content (AvgIpc) is 2.71. The molecule has 1 aliphatic heterocycles. The van der Waals surface area contributed by atoms with Gasteiger partial charge < -0.3 is 14.6 Å². The lowest BCUT2D eigenvalue weighted by atomic mass is 9.75. The number of hydrogen-bond acceptors (Lipinski definition) is 4. The quantitative estimate of drug-likeness (QED) is 0.721. The van der Waals surface area contributed by atoms with E-state index in [0.717, 1.165) is 18.6 Å². The van der Waals surface area contributed by atoms with Gasteiger partial charge in [-0.1, -0.05) is 63.2 Å². The lowest BCUT2D eigenvalue weighted by Gasteiger charge is -2.50. The average molecular weight is 399 g/mol. The summed E-state index contributed by atoms with van der Waals surface area (Å²) in [7, 11) is 0. The lowest BCUT2D eigenvalue weighted by Crippen LogP contribution is -2.47. The second kappa shape index (κ2) is 8.10. The van der Waals surface area contributed by atoms with Gasteiger partial charge in [-0.2, -0.15) is 0 Å². The Morgan fingerprint density at radius 1 is 1.18 bits per heavy atom. The summed E-state index contributed by atoms with van der Waals surface area (Å²) in [5, 5.41) is 10.4. The predicted octanol–water partition coefficient (Wildman–Crippen LogP) is 5.51. The molecule has 1 heterocycles. The zero-order valence-electron chi connectivity index (χ0n) is 16.9. The first-order valence-corrected chi connectivity index (χ1v) is 11.2. The van der Waals surface area contributed by atoms with Crippen molar-refractivity contribution in [2.24, 2.45) is 5.92 Å². The van der Waals surface area contributed by atoms with Gasteiger partial charge in [-0.3, -0.25) is 0 Å². The molecule has 0 aromatic heterocycles. The molecule has 2 aromatic carbocycles. The first-order chi connectivity index (χ1) is 13.5. The third-order valence-corrected chi connectivity index (χ3v) is 7.68. The summed E-state index contributed by atoms with van der Waals surface area (Å²) in [6, 6.07) is 16.6. The van der Waals surface area contributed by atoms with E-state index in [2.05, 4.69) is 44.2 Å². The van der Waals surface area contributed by atoms with Crippen LogP contribution >= 0.6 is 11.8 Å². The molecular weight excluding hydrogens is 368 g/mol. The molecule has 0 saturated carbocycles. The highest BCUT2D eigenvalue weighted by Crippen LogP contribution is 2.55. The molecule has 3 nitrogen and oxygen atoms in total. The molecule has 4 atom stereocenters. The fourth-order valence-electron chi connectivity index (χ4n) is 4.46. The summed E-state index contributed by atoms with van der Waals surface area (Å²) in [6.07, 6.45) is 2.38. The number of ether oxygens (including phenoxy) is 2. The third kappa shape index (κ3) is 3.83. The Bertz CT molecular complexity index is 805. The number of rotatable bonds is 5. The van der Waals surface area contributed by atoms with Crippen LogP contribution in [0.15, 0.2) is 48.5 Å². The number of aliphatic hydroxyl groups excluding tert-OH is 1. The van der Waals surface area contributed by atoms with Crippen molar-refractivity contribution in [2.75, 3.05) is 0 Å². The van der Waals surface area contributed by atoms with Crippen LogP contribution in [-0.4, -0.2) is 21.4 Å². The van der Waals surface area contributed by atoms with E-state index in [1.165, 1.54) is 16.7 Å². The smallest absolute Gasteiger partial charge is 0.130 e. The van der Waals surface area contributed by atoms with Crippen molar-refractivity contribution in [3.05, 3.63) is 65.2 Å². The first kappa shape index (κ1) is 19.8. The van der Waals surface area contributed by atoms with Crippen LogP contribution in [0.5, 0.6) is 5.75 Å². The standard InChI is InChI=1S/C24H30O3S/c1-4-20(25)23-27-22-18-11-8-12-21(26-15-16-9-6-5-7-10-16)17(18)13-14-19(22)24(2,3)28-23/h5-12,19-20,22-23,25H,4,13-15H2,1-3H3/t19-,20+,22+,23+/m0/s1. The molecule has 28 heavy (non-hydrogen) atoms. The molecule has 150 valence electrons. The van der Waals surface area contributed by atoms with Crippen LogP contribution in [0.25, 0.3) is 0 Å². The Kier molecular flexibility index (Phi) is 5.73. The molecule has 2 aromatic rings. The first-order valence-electron chi connectivity index (χ1n) is 10.3. The minimum absolute atomic E-state index is 0.0199. The second-order valence-electron chi connectivity index (χ2n) is 8.37. The SMILES string of the molecule is CC[C@@H](O)[C@@H]1O[C@@H]2c3cccc(OCc4ccccc4)c3CC[C@@H]2C(C)(C)S1. The molecule has 4 heteroatoms. The van der Waals surface area contributed by atoms with E-state index in [-0.39, 0.29) is 16.3 Å². The van der Waals surface area contributed by atoms with E-state index in [0.29, 0.717) is 18.9 Å². The third-order valence-electron chi connectivity index (χ3n) is 6.11. The Morgan fingerprint density at radius 2 is 1.96 bits per heavy atom. The Labute approximate surface area is 172 Å². The van der Waals surface area contributed by atoms with Gasteiger partial charge in [0.05, 0.1) is 12.2 Å². The van der Waals surface area contributed by atoms with E-state index in [1.54, 1.807) is 11.8 Å². The normalized spacial score (nSPS) is 26.8. The molecule has 2 aliphatic rings. The van der Waals surface area contributed by atoms with Crippen LogP contribution in [0, 0.1) is 5.92 Å². The molecule has 1 aliphatic carbocycles.